The highest BCUT2D eigenvalue weighted by atomic mass is 127. The maximum Gasteiger partial charge on any atom is 0.239 e. The number of likely N-dealkylation sites (tertiary alicyclic amines) is 2. The summed E-state index contributed by atoms with van der Waals surface area (Å²) in [7, 11) is 1.88. The van der Waals surface area contributed by atoms with E-state index in [1.165, 1.54) is 19.5 Å². The fourth-order valence-corrected chi connectivity index (χ4v) is 4.61. The number of aliphatic imine (C=N–C) groups is 1. The van der Waals surface area contributed by atoms with Crippen molar-refractivity contribution >= 4 is 35.8 Å². The van der Waals surface area contributed by atoms with Crippen LogP contribution in [0, 0.1) is 5.92 Å². The molecule has 8 heteroatoms. The lowest BCUT2D eigenvalue weighted by molar-refractivity contribution is -0.135. The molecule has 3 aliphatic heterocycles. The van der Waals surface area contributed by atoms with Gasteiger partial charge in [0.15, 0.2) is 5.96 Å². The third kappa shape index (κ3) is 5.95. The van der Waals surface area contributed by atoms with Gasteiger partial charge in [0, 0.05) is 59.4 Å². The van der Waals surface area contributed by atoms with Crippen LogP contribution in [-0.2, 0) is 4.79 Å². The third-order valence-corrected chi connectivity index (χ3v) is 6.51. The molecule has 162 valence electrons. The van der Waals surface area contributed by atoms with E-state index < -0.39 is 0 Å². The van der Waals surface area contributed by atoms with Gasteiger partial charge in [-0.1, -0.05) is 6.92 Å². The van der Waals surface area contributed by atoms with Crippen LogP contribution in [0.2, 0.25) is 0 Å². The van der Waals surface area contributed by atoms with E-state index in [1.54, 1.807) is 0 Å². The van der Waals surface area contributed by atoms with Crippen molar-refractivity contribution in [3.8, 4) is 0 Å². The van der Waals surface area contributed by atoms with E-state index in [0.717, 1.165) is 77.1 Å². The van der Waals surface area contributed by atoms with Crippen LogP contribution < -0.4 is 5.32 Å². The van der Waals surface area contributed by atoms with E-state index in [2.05, 4.69) is 38.9 Å². The molecule has 0 aliphatic carbocycles. The summed E-state index contributed by atoms with van der Waals surface area (Å²) in [6, 6.07) is -0.00117. The van der Waals surface area contributed by atoms with E-state index >= 15 is 0 Å². The normalized spacial score (nSPS) is 25.7. The summed E-state index contributed by atoms with van der Waals surface area (Å²) in [6.45, 7) is 14.5. The molecule has 3 heterocycles. The van der Waals surface area contributed by atoms with Crippen LogP contribution in [0.1, 0.15) is 33.1 Å². The number of nitrogens with zero attached hydrogens (tertiary/aromatic N) is 5. The zero-order valence-corrected chi connectivity index (χ0v) is 20.2. The van der Waals surface area contributed by atoms with Gasteiger partial charge in [0.1, 0.15) is 0 Å². The van der Waals surface area contributed by atoms with Crippen LogP contribution in [0.15, 0.2) is 4.99 Å². The highest BCUT2D eigenvalue weighted by Crippen LogP contribution is 2.16. The standard InChI is InChI=1S/C20H38N6O.HI/c1-4-23-10-7-18(16-23)15-22-20(21-3)26-13-11-24(12-14-26)17(2)19(27)25-8-5-6-9-25;/h17-18H,4-16H2,1-3H3,(H,21,22);1H. The van der Waals surface area contributed by atoms with Gasteiger partial charge in [-0.3, -0.25) is 14.7 Å². The number of guanidine groups is 1. The fourth-order valence-electron chi connectivity index (χ4n) is 4.61. The van der Waals surface area contributed by atoms with Crippen molar-refractivity contribution in [2.75, 3.05) is 72.5 Å². The van der Waals surface area contributed by atoms with Gasteiger partial charge in [0.2, 0.25) is 5.91 Å². The first-order valence-corrected chi connectivity index (χ1v) is 10.8. The molecule has 28 heavy (non-hydrogen) atoms. The topological polar surface area (TPSA) is 54.4 Å². The lowest BCUT2D eigenvalue weighted by Crippen LogP contribution is -2.57. The Hall–Kier alpha value is -0.610. The van der Waals surface area contributed by atoms with Gasteiger partial charge >= 0.3 is 0 Å². The van der Waals surface area contributed by atoms with Crippen LogP contribution in [0.5, 0.6) is 0 Å². The quantitative estimate of drug-likeness (QED) is 0.345. The van der Waals surface area contributed by atoms with Crippen LogP contribution in [-0.4, -0.2) is 110 Å². The van der Waals surface area contributed by atoms with Gasteiger partial charge in [0.05, 0.1) is 6.04 Å². The third-order valence-electron chi connectivity index (χ3n) is 6.51. The molecule has 3 saturated heterocycles. The number of carbonyl (C=O) groups is 1. The molecule has 0 aromatic carbocycles. The molecular weight excluding hydrogens is 467 g/mol. The lowest BCUT2D eigenvalue weighted by Gasteiger charge is -2.39. The Kier molecular flexibility index (Phi) is 9.76. The van der Waals surface area contributed by atoms with E-state index in [0.29, 0.717) is 5.91 Å². The lowest BCUT2D eigenvalue weighted by atomic mass is 10.1. The first-order valence-electron chi connectivity index (χ1n) is 10.8. The van der Waals surface area contributed by atoms with Gasteiger partial charge in [-0.2, -0.15) is 0 Å². The summed E-state index contributed by atoms with van der Waals surface area (Å²) in [6.07, 6.45) is 3.60. The Bertz CT molecular complexity index is 517. The van der Waals surface area contributed by atoms with Crippen molar-refractivity contribution in [1.29, 1.82) is 0 Å². The molecule has 1 amide bonds. The number of hydrogen-bond acceptors (Lipinski definition) is 4. The SMILES string of the molecule is CCN1CCC(CNC(=NC)N2CCN(C(C)C(=O)N3CCCC3)CC2)C1.I. The van der Waals surface area contributed by atoms with Crippen molar-refractivity contribution in [3.05, 3.63) is 0 Å². The number of amides is 1. The number of hydrogen-bond donors (Lipinski definition) is 1. The highest BCUT2D eigenvalue weighted by Gasteiger charge is 2.30. The average molecular weight is 506 g/mol. The second-order valence-electron chi connectivity index (χ2n) is 8.21. The van der Waals surface area contributed by atoms with Gasteiger partial charge in [-0.05, 0) is 45.2 Å². The molecule has 0 bridgehead atoms. The number of rotatable bonds is 5. The van der Waals surface area contributed by atoms with Crippen molar-refractivity contribution in [2.45, 2.75) is 39.2 Å². The molecule has 0 radical (unpaired) electrons. The van der Waals surface area contributed by atoms with Crippen LogP contribution in [0.25, 0.3) is 0 Å². The maximum absolute atomic E-state index is 12.6. The predicted molar refractivity (Wildman–Crippen MR) is 125 cm³/mol. The zero-order chi connectivity index (χ0) is 19.2. The number of piperazine rings is 1. The second-order valence-corrected chi connectivity index (χ2v) is 8.21. The molecule has 3 aliphatic rings. The van der Waals surface area contributed by atoms with Crippen molar-refractivity contribution < 1.29 is 4.79 Å². The van der Waals surface area contributed by atoms with Gasteiger partial charge in [0.25, 0.3) is 0 Å². The maximum atomic E-state index is 12.6. The molecular formula is C20H39IN6O. The summed E-state index contributed by atoms with van der Waals surface area (Å²) in [4.78, 5) is 26.4. The Morgan fingerprint density at radius 2 is 1.75 bits per heavy atom. The molecule has 2 atom stereocenters. The zero-order valence-electron chi connectivity index (χ0n) is 17.9. The van der Waals surface area contributed by atoms with E-state index in [9.17, 15) is 4.79 Å². The molecule has 0 aromatic heterocycles. The van der Waals surface area contributed by atoms with Crippen LogP contribution >= 0.6 is 24.0 Å². The van der Waals surface area contributed by atoms with Crippen molar-refractivity contribution in [2.24, 2.45) is 10.9 Å². The van der Waals surface area contributed by atoms with E-state index in [4.69, 9.17) is 0 Å². The average Bonchev–Trinajstić information content (AvgIpc) is 3.40. The van der Waals surface area contributed by atoms with Crippen molar-refractivity contribution in [1.82, 2.24) is 24.9 Å². The van der Waals surface area contributed by atoms with Crippen LogP contribution in [0.3, 0.4) is 0 Å². The number of carbonyl (C=O) groups excluding carboxylic acids is 1. The Labute approximate surface area is 187 Å². The summed E-state index contributed by atoms with van der Waals surface area (Å²) in [5, 5.41) is 3.59. The Morgan fingerprint density at radius 3 is 2.32 bits per heavy atom. The van der Waals surface area contributed by atoms with Crippen LogP contribution in [0.4, 0.5) is 0 Å². The smallest absolute Gasteiger partial charge is 0.239 e. The molecule has 0 spiro atoms. The predicted octanol–water partition coefficient (Wildman–Crippen LogP) is 1.15. The Morgan fingerprint density at radius 1 is 1.07 bits per heavy atom. The molecule has 3 rings (SSSR count). The largest absolute Gasteiger partial charge is 0.356 e. The molecule has 7 nitrogen and oxygen atoms in total. The van der Waals surface area contributed by atoms with Gasteiger partial charge in [-0.15, -0.1) is 24.0 Å². The summed E-state index contributed by atoms with van der Waals surface area (Å²) < 4.78 is 0. The number of halogens is 1. The summed E-state index contributed by atoms with van der Waals surface area (Å²) >= 11 is 0. The summed E-state index contributed by atoms with van der Waals surface area (Å²) in [5.41, 5.74) is 0. The monoisotopic (exact) mass is 506 g/mol. The highest BCUT2D eigenvalue weighted by molar-refractivity contribution is 14.0. The van der Waals surface area contributed by atoms with E-state index in [-0.39, 0.29) is 30.0 Å². The molecule has 0 saturated carbocycles. The molecule has 3 fully saturated rings. The minimum Gasteiger partial charge on any atom is -0.356 e. The molecule has 1 N–H and O–H groups in total. The second kappa shape index (κ2) is 11.5. The first-order chi connectivity index (χ1) is 13.1. The molecule has 2 unspecified atom stereocenters. The summed E-state index contributed by atoms with van der Waals surface area (Å²) in [5.74, 6) is 2.05. The minimum atomic E-state index is -0.00117. The Balaban J connectivity index is 0.00000280. The van der Waals surface area contributed by atoms with E-state index in [1.807, 2.05) is 11.9 Å². The van der Waals surface area contributed by atoms with Gasteiger partial charge in [-0.25, -0.2) is 0 Å². The first kappa shape index (κ1) is 23.7. The van der Waals surface area contributed by atoms with Crippen molar-refractivity contribution in [3.63, 3.8) is 0 Å². The fraction of sp³-hybridized carbons (Fsp3) is 0.900. The minimum absolute atomic E-state index is 0. The molecule has 0 aromatic rings. The number of nitrogens with one attached hydrogen (secondary N) is 1. The van der Waals surface area contributed by atoms with Gasteiger partial charge < -0.3 is 20.0 Å².